The third-order valence-electron chi connectivity index (χ3n) is 9.63. The van der Waals surface area contributed by atoms with Gasteiger partial charge in [0.1, 0.15) is 17.1 Å². The van der Waals surface area contributed by atoms with Crippen molar-refractivity contribution in [2.45, 2.75) is 84.6 Å². The van der Waals surface area contributed by atoms with E-state index in [2.05, 4.69) is 10.3 Å². The smallest absolute Gasteiger partial charge is 0.416 e. The summed E-state index contributed by atoms with van der Waals surface area (Å²) in [5, 5.41) is 9.34. The molecule has 5 aromatic rings. The molecule has 2 aromatic heterocycles. The minimum Gasteiger partial charge on any atom is -0.460 e. The lowest BCUT2D eigenvalue weighted by atomic mass is 9.73. The fraction of sp³-hybridized carbons (Fsp3) is 0.405. The van der Waals surface area contributed by atoms with Gasteiger partial charge in [0.15, 0.2) is 0 Å². The average molecular weight is 740 g/mol. The first kappa shape index (κ1) is 36.6. The van der Waals surface area contributed by atoms with Crippen molar-refractivity contribution in [2.24, 2.45) is 11.3 Å². The van der Waals surface area contributed by atoms with Gasteiger partial charge in [-0.15, -0.1) is 16.4 Å². The van der Waals surface area contributed by atoms with Crippen LogP contribution < -0.4 is 0 Å². The van der Waals surface area contributed by atoms with Crippen molar-refractivity contribution in [3.8, 4) is 0 Å². The maximum absolute atomic E-state index is 14.0. The molecule has 14 heteroatoms. The number of hydrogen-bond acceptors (Lipinski definition) is 8. The van der Waals surface area contributed by atoms with Gasteiger partial charge in [-0.2, -0.15) is 17.5 Å². The molecule has 1 aliphatic heterocycles. The van der Waals surface area contributed by atoms with Crippen molar-refractivity contribution in [3.63, 3.8) is 0 Å². The Morgan fingerprint density at radius 3 is 2.49 bits per heavy atom. The SMILES string of the molecule is CCn1nnc2c(C)c([C@H](c3nc(CN4C[C@@H](C)Cc5cc(C(F)(F)F)ccc5S4(=O)=O)c(C)s3)C(C)(C)C(=O)OCc3ccccc3)ccc21. The third kappa shape index (κ3) is 7.05. The largest absolute Gasteiger partial charge is 0.460 e. The number of halogens is 3. The number of rotatable bonds is 9. The van der Waals surface area contributed by atoms with Crippen LogP contribution in [0.15, 0.2) is 65.6 Å². The highest BCUT2D eigenvalue weighted by Crippen LogP contribution is 2.46. The summed E-state index contributed by atoms with van der Waals surface area (Å²) in [7, 11) is -4.16. The number of aryl methyl sites for hydroxylation is 3. The number of ether oxygens (including phenoxy) is 1. The monoisotopic (exact) mass is 739 g/mol. The predicted octanol–water partition coefficient (Wildman–Crippen LogP) is 7.83. The molecule has 3 aromatic carbocycles. The van der Waals surface area contributed by atoms with Gasteiger partial charge in [-0.05, 0) is 93.5 Å². The average Bonchev–Trinajstić information content (AvgIpc) is 3.64. The molecule has 1 aliphatic rings. The van der Waals surface area contributed by atoms with Crippen LogP contribution in [0, 0.1) is 25.2 Å². The van der Waals surface area contributed by atoms with Crippen LogP contribution in [0.2, 0.25) is 0 Å². The quantitative estimate of drug-likeness (QED) is 0.142. The number of aromatic nitrogens is 4. The highest BCUT2D eigenvalue weighted by molar-refractivity contribution is 7.89. The minimum absolute atomic E-state index is 0.0794. The van der Waals surface area contributed by atoms with E-state index in [-0.39, 0.29) is 42.5 Å². The van der Waals surface area contributed by atoms with Gasteiger partial charge < -0.3 is 4.74 Å². The van der Waals surface area contributed by atoms with Gasteiger partial charge >= 0.3 is 12.1 Å². The summed E-state index contributed by atoms with van der Waals surface area (Å²) < 4.78 is 77.5. The summed E-state index contributed by atoms with van der Waals surface area (Å²) in [5.74, 6) is -1.28. The van der Waals surface area contributed by atoms with Crippen molar-refractivity contribution in [3.05, 3.63) is 104 Å². The molecule has 0 bridgehead atoms. The highest BCUT2D eigenvalue weighted by atomic mass is 32.2. The van der Waals surface area contributed by atoms with Crippen molar-refractivity contribution in [1.82, 2.24) is 24.3 Å². The molecule has 0 fully saturated rings. The third-order valence-corrected chi connectivity index (χ3v) is 12.6. The van der Waals surface area contributed by atoms with Gasteiger partial charge in [0.25, 0.3) is 0 Å². The molecular weight excluding hydrogens is 700 g/mol. The zero-order valence-corrected chi connectivity index (χ0v) is 30.9. The Labute approximate surface area is 299 Å². The first-order chi connectivity index (χ1) is 24.0. The lowest BCUT2D eigenvalue weighted by molar-refractivity contribution is -0.156. The predicted molar refractivity (Wildman–Crippen MR) is 189 cm³/mol. The van der Waals surface area contributed by atoms with E-state index >= 15 is 0 Å². The molecule has 51 heavy (non-hydrogen) atoms. The Bertz CT molecular complexity index is 2200. The molecule has 6 rings (SSSR count). The van der Waals surface area contributed by atoms with Gasteiger partial charge in [-0.3, -0.25) is 4.79 Å². The minimum atomic E-state index is -4.59. The fourth-order valence-corrected chi connectivity index (χ4v) is 9.79. The van der Waals surface area contributed by atoms with E-state index in [1.807, 2.05) is 84.0 Å². The molecule has 3 heterocycles. The van der Waals surface area contributed by atoms with Gasteiger partial charge in [-0.25, -0.2) is 18.1 Å². The second kappa shape index (κ2) is 13.8. The number of hydrogen-bond donors (Lipinski definition) is 0. The van der Waals surface area contributed by atoms with Gasteiger partial charge in [0.2, 0.25) is 10.0 Å². The van der Waals surface area contributed by atoms with Crippen LogP contribution in [0.25, 0.3) is 11.0 Å². The van der Waals surface area contributed by atoms with Crippen LogP contribution in [-0.2, 0) is 51.8 Å². The normalized spacial score (nSPS) is 17.2. The Kier molecular flexibility index (Phi) is 9.90. The molecule has 0 aliphatic carbocycles. The van der Waals surface area contributed by atoms with Crippen LogP contribution in [-0.4, -0.2) is 45.2 Å². The van der Waals surface area contributed by atoms with E-state index in [1.54, 1.807) is 4.68 Å². The molecule has 0 amide bonds. The summed E-state index contributed by atoms with van der Waals surface area (Å²) in [6, 6.07) is 16.1. The summed E-state index contributed by atoms with van der Waals surface area (Å²) in [4.78, 5) is 19.7. The highest BCUT2D eigenvalue weighted by Gasteiger charge is 2.44. The number of alkyl halides is 3. The summed E-state index contributed by atoms with van der Waals surface area (Å²) in [6.07, 6.45) is -4.40. The second-order valence-electron chi connectivity index (χ2n) is 13.8. The van der Waals surface area contributed by atoms with Gasteiger partial charge in [0, 0.05) is 18.0 Å². The van der Waals surface area contributed by atoms with E-state index in [1.165, 1.54) is 15.6 Å². The zero-order valence-electron chi connectivity index (χ0n) is 29.3. The van der Waals surface area contributed by atoms with Crippen LogP contribution in [0.3, 0.4) is 0 Å². The van der Waals surface area contributed by atoms with Crippen molar-refractivity contribution >= 4 is 38.4 Å². The van der Waals surface area contributed by atoms with Crippen LogP contribution in [0.5, 0.6) is 0 Å². The number of esters is 1. The molecule has 270 valence electrons. The van der Waals surface area contributed by atoms with Crippen LogP contribution in [0.1, 0.15) is 77.0 Å². The van der Waals surface area contributed by atoms with Crippen LogP contribution in [0.4, 0.5) is 13.2 Å². The van der Waals surface area contributed by atoms with Crippen LogP contribution >= 0.6 is 11.3 Å². The number of carbonyl (C=O) groups is 1. The molecule has 0 N–H and O–H groups in total. The molecule has 9 nitrogen and oxygen atoms in total. The molecule has 0 unspecified atom stereocenters. The van der Waals surface area contributed by atoms with E-state index < -0.39 is 39.1 Å². The standard InChI is InChI=1S/C37H40F3N5O4S2/c1-7-45-30-15-14-28(23(3)33(30)42-43-45)32(36(5,6)35(46)49-21-25-11-9-8-10-12-25)34-41-29(24(4)50-34)20-44-19-22(2)17-26-18-27(37(38,39)40)13-16-31(26)51(44,47)48/h8-16,18,22,32H,7,17,19-21H2,1-6H3/t22-,32+/m0/s1. The molecular formula is C37H40F3N5O4S2. The topological polar surface area (TPSA) is 107 Å². The molecule has 0 spiro atoms. The van der Waals surface area contributed by atoms with E-state index in [9.17, 15) is 26.4 Å². The molecule has 0 radical (unpaired) electrons. The Balaban J connectivity index is 1.39. The maximum Gasteiger partial charge on any atom is 0.416 e. The number of thiazole rings is 1. The van der Waals surface area contributed by atoms with E-state index in [0.717, 1.165) is 45.3 Å². The number of carbonyl (C=O) groups excluding carboxylic acids is 1. The molecule has 0 saturated heterocycles. The van der Waals surface area contributed by atoms with Gasteiger partial charge in [0.05, 0.1) is 39.5 Å². The molecule has 2 atom stereocenters. The number of fused-ring (bicyclic) bond motifs is 2. The number of nitrogens with zero attached hydrogens (tertiary/aromatic N) is 5. The zero-order chi connectivity index (χ0) is 36.9. The number of sulfonamides is 1. The Morgan fingerprint density at radius 1 is 1.08 bits per heavy atom. The van der Waals surface area contributed by atoms with Crippen molar-refractivity contribution in [2.75, 3.05) is 6.54 Å². The second-order valence-corrected chi connectivity index (χ2v) is 16.9. The first-order valence-electron chi connectivity index (χ1n) is 16.7. The summed E-state index contributed by atoms with van der Waals surface area (Å²) in [6.45, 7) is 12.0. The Hall–Kier alpha value is -4.14. The summed E-state index contributed by atoms with van der Waals surface area (Å²) in [5.41, 5.74) is 2.73. The summed E-state index contributed by atoms with van der Waals surface area (Å²) >= 11 is 1.38. The lowest BCUT2D eigenvalue weighted by Crippen LogP contribution is -2.35. The molecule has 0 saturated carbocycles. The van der Waals surface area contributed by atoms with Gasteiger partial charge in [-0.1, -0.05) is 48.5 Å². The fourth-order valence-electron chi connectivity index (χ4n) is 6.82. The van der Waals surface area contributed by atoms with Crippen molar-refractivity contribution in [1.29, 1.82) is 0 Å². The Morgan fingerprint density at radius 2 is 1.80 bits per heavy atom. The first-order valence-corrected chi connectivity index (χ1v) is 19.0. The number of benzene rings is 3. The van der Waals surface area contributed by atoms with E-state index in [4.69, 9.17) is 9.72 Å². The van der Waals surface area contributed by atoms with Crippen molar-refractivity contribution < 1.29 is 31.1 Å². The van der Waals surface area contributed by atoms with E-state index in [0.29, 0.717) is 22.8 Å². The lowest BCUT2D eigenvalue weighted by Gasteiger charge is -2.32. The maximum atomic E-state index is 14.0.